The van der Waals surface area contributed by atoms with Crippen molar-refractivity contribution in [2.24, 2.45) is 0 Å². The molecule has 1 N–H and O–H groups in total. The highest BCUT2D eigenvalue weighted by Crippen LogP contribution is 2.24. The molecule has 2 aromatic rings. The van der Waals surface area contributed by atoms with Crippen molar-refractivity contribution >= 4 is 23.4 Å². The second-order valence-corrected chi connectivity index (χ2v) is 6.32. The fourth-order valence-electron chi connectivity index (χ4n) is 1.87. The van der Waals surface area contributed by atoms with Crippen molar-refractivity contribution in [3.63, 3.8) is 0 Å². The van der Waals surface area contributed by atoms with Gasteiger partial charge in [0, 0.05) is 35.9 Å². The summed E-state index contributed by atoms with van der Waals surface area (Å²) in [4.78, 5) is 20.3. The first-order valence-electron chi connectivity index (χ1n) is 7.34. The number of carbonyl (C=O) groups is 1. The molecule has 0 unspecified atom stereocenters. The van der Waals surface area contributed by atoms with Crippen LogP contribution in [0.3, 0.4) is 0 Å². The average molecular weight is 326 g/mol. The molecule has 0 spiro atoms. The van der Waals surface area contributed by atoms with E-state index in [1.807, 2.05) is 6.07 Å². The average Bonchev–Trinajstić information content (AvgIpc) is 2.55. The van der Waals surface area contributed by atoms with Crippen LogP contribution in [0.5, 0.6) is 0 Å². The largest absolute Gasteiger partial charge is 0.326 e. The number of carbonyl (C=O) groups excluding carboxylic acids is 1. The molecule has 2 aromatic heterocycles. The third-order valence-corrected chi connectivity index (χ3v) is 4.12. The van der Waals surface area contributed by atoms with Crippen LogP contribution in [-0.2, 0) is 4.79 Å². The molecule has 5 nitrogen and oxygen atoms in total. The molecule has 0 aliphatic rings. The van der Waals surface area contributed by atoms with Crippen LogP contribution in [0.4, 0.5) is 5.69 Å². The van der Waals surface area contributed by atoms with Gasteiger partial charge < -0.3 is 5.32 Å². The minimum absolute atomic E-state index is 0.0674. The normalized spacial score (nSPS) is 10.3. The van der Waals surface area contributed by atoms with Crippen LogP contribution in [-0.4, -0.2) is 21.6 Å². The summed E-state index contributed by atoms with van der Waals surface area (Å²) in [5.41, 5.74) is 2.23. The van der Waals surface area contributed by atoms with Crippen molar-refractivity contribution in [2.45, 2.75) is 31.2 Å². The zero-order chi connectivity index (χ0) is 16.7. The van der Waals surface area contributed by atoms with E-state index in [-0.39, 0.29) is 5.91 Å². The Morgan fingerprint density at radius 2 is 2.04 bits per heavy atom. The lowest BCUT2D eigenvalue weighted by molar-refractivity contribution is -0.115. The summed E-state index contributed by atoms with van der Waals surface area (Å²) >= 11 is 1.44. The van der Waals surface area contributed by atoms with Crippen molar-refractivity contribution in [3.8, 4) is 6.07 Å². The highest BCUT2D eigenvalue weighted by Gasteiger charge is 2.10. The number of pyridine rings is 2. The summed E-state index contributed by atoms with van der Waals surface area (Å²) in [5, 5.41) is 12.7. The number of nitrogens with zero attached hydrogens (tertiary/aromatic N) is 3. The smallest absolute Gasteiger partial charge is 0.225 e. The Morgan fingerprint density at radius 1 is 1.30 bits per heavy atom. The fraction of sp³-hybridized carbons (Fsp3) is 0.294. The van der Waals surface area contributed by atoms with Gasteiger partial charge in [-0.05, 0) is 30.2 Å². The molecule has 0 bridgehead atoms. The van der Waals surface area contributed by atoms with E-state index in [9.17, 15) is 4.79 Å². The summed E-state index contributed by atoms with van der Waals surface area (Å²) < 4.78 is 0. The third-order valence-electron chi connectivity index (χ3n) is 3.13. The molecule has 118 valence electrons. The number of anilines is 1. The first-order valence-corrected chi connectivity index (χ1v) is 8.32. The van der Waals surface area contributed by atoms with Gasteiger partial charge in [-0.15, -0.1) is 11.8 Å². The van der Waals surface area contributed by atoms with E-state index in [4.69, 9.17) is 5.26 Å². The van der Waals surface area contributed by atoms with Gasteiger partial charge in [-0.3, -0.25) is 9.78 Å². The molecule has 0 fully saturated rings. The van der Waals surface area contributed by atoms with E-state index >= 15 is 0 Å². The van der Waals surface area contributed by atoms with E-state index < -0.39 is 0 Å². The molecule has 0 aliphatic heterocycles. The first-order chi connectivity index (χ1) is 11.1. The van der Waals surface area contributed by atoms with Crippen LogP contribution >= 0.6 is 11.8 Å². The molecule has 0 aliphatic carbocycles. The minimum Gasteiger partial charge on any atom is -0.326 e. The van der Waals surface area contributed by atoms with Gasteiger partial charge in [0.25, 0.3) is 0 Å². The molecule has 0 saturated carbocycles. The van der Waals surface area contributed by atoms with Crippen molar-refractivity contribution in [2.75, 3.05) is 11.1 Å². The minimum atomic E-state index is -0.0674. The summed E-state index contributed by atoms with van der Waals surface area (Å²) in [6, 6.07) is 9.31. The number of nitrogens with one attached hydrogen (secondary N) is 1. The van der Waals surface area contributed by atoms with Gasteiger partial charge in [-0.1, -0.05) is 13.8 Å². The summed E-state index contributed by atoms with van der Waals surface area (Å²) in [5.74, 6) is 0.805. The third kappa shape index (κ3) is 5.08. The van der Waals surface area contributed by atoms with Gasteiger partial charge in [-0.25, -0.2) is 4.98 Å². The fourth-order valence-corrected chi connectivity index (χ4v) is 2.79. The molecule has 0 aromatic carbocycles. The van der Waals surface area contributed by atoms with Crippen LogP contribution < -0.4 is 5.32 Å². The van der Waals surface area contributed by atoms with Crippen LogP contribution in [0.2, 0.25) is 0 Å². The van der Waals surface area contributed by atoms with E-state index in [0.717, 1.165) is 11.4 Å². The van der Waals surface area contributed by atoms with Gasteiger partial charge in [0.15, 0.2) is 0 Å². The Balaban J connectivity index is 1.92. The zero-order valence-corrected chi connectivity index (χ0v) is 13.9. The molecule has 6 heteroatoms. The Bertz CT molecular complexity index is 710. The standard InChI is InChI=1S/C17H18N4OS/c1-12(2)15-4-3-13(11-18)17(21-15)23-10-7-16(22)20-14-5-8-19-9-6-14/h3-6,8-9,12H,7,10H2,1-2H3,(H,19,20,22). The highest BCUT2D eigenvalue weighted by molar-refractivity contribution is 7.99. The predicted molar refractivity (Wildman–Crippen MR) is 91.2 cm³/mol. The maximum Gasteiger partial charge on any atom is 0.225 e. The van der Waals surface area contributed by atoms with Gasteiger partial charge in [0.1, 0.15) is 11.1 Å². The van der Waals surface area contributed by atoms with E-state index in [2.05, 4.69) is 35.2 Å². The number of amides is 1. The second-order valence-electron chi connectivity index (χ2n) is 5.24. The Hall–Kier alpha value is -2.39. The highest BCUT2D eigenvalue weighted by atomic mass is 32.2. The number of aromatic nitrogens is 2. The molecule has 23 heavy (non-hydrogen) atoms. The quantitative estimate of drug-likeness (QED) is 0.821. The lowest BCUT2D eigenvalue weighted by atomic mass is 10.1. The molecule has 1 amide bonds. The number of thioether (sulfide) groups is 1. The van der Waals surface area contributed by atoms with Crippen LogP contribution in [0.15, 0.2) is 41.7 Å². The monoisotopic (exact) mass is 326 g/mol. The lowest BCUT2D eigenvalue weighted by Gasteiger charge is -2.09. The zero-order valence-electron chi connectivity index (χ0n) is 13.1. The predicted octanol–water partition coefficient (Wildman–Crippen LogP) is 3.59. The van der Waals surface area contributed by atoms with Gasteiger partial charge in [0.2, 0.25) is 5.91 Å². The molecule has 2 heterocycles. The van der Waals surface area contributed by atoms with Gasteiger partial charge in [0.05, 0.1) is 5.56 Å². The van der Waals surface area contributed by atoms with Crippen LogP contribution in [0.1, 0.15) is 37.4 Å². The molecule has 0 radical (unpaired) electrons. The molecule has 2 rings (SSSR count). The van der Waals surface area contributed by atoms with Gasteiger partial charge in [-0.2, -0.15) is 5.26 Å². The molecular weight excluding hydrogens is 308 g/mol. The van der Waals surface area contributed by atoms with Crippen molar-refractivity contribution in [1.29, 1.82) is 5.26 Å². The maximum absolute atomic E-state index is 11.9. The second kappa shape index (κ2) is 8.30. The van der Waals surface area contributed by atoms with Crippen molar-refractivity contribution in [3.05, 3.63) is 47.9 Å². The molecule has 0 atom stereocenters. The number of nitriles is 1. The van der Waals surface area contributed by atoms with E-state index in [0.29, 0.717) is 28.7 Å². The first kappa shape index (κ1) is 17.0. The SMILES string of the molecule is CC(C)c1ccc(C#N)c(SCCC(=O)Nc2ccncc2)n1. The number of hydrogen-bond acceptors (Lipinski definition) is 5. The number of hydrogen-bond donors (Lipinski definition) is 1. The van der Waals surface area contributed by atoms with Crippen LogP contribution in [0, 0.1) is 11.3 Å². The Kier molecular flexibility index (Phi) is 6.12. The van der Waals surface area contributed by atoms with Crippen molar-refractivity contribution in [1.82, 2.24) is 9.97 Å². The van der Waals surface area contributed by atoms with Crippen LogP contribution in [0.25, 0.3) is 0 Å². The Morgan fingerprint density at radius 3 is 2.70 bits per heavy atom. The maximum atomic E-state index is 11.9. The summed E-state index contributed by atoms with van der Waals surface area (Å²) in [7, 11) is 0. The van der Waals surface area contributed by atoms with Crippen molar-refractivity contribution < 1.29 is 4.79 Å². The number of rotatable bonds is 6. The summed E-state index contributed by atoms with van der Waals surface area (Å²) in [6.45, 7) is 4.12. The van der Waals surface area contributed by atoms with E-state index in [1.165, 1.54) is 11.8 Å². The van der Waals surface area contributed by atoms with Gasteiger partial charge >= 0.3 is 0 Å². The lowest BCUT2D eigenvalue weighted by Crippen LogP contribution is -2.12. The summed E-state index contributed by atoms with van der Waals surface area (Å²) in [6.07, 6.45) is 3.61. The van der Waals surface area contributed by atoms with E-state index in [1.54, 1.807) is 30.6 Å². The molecular formula is C17H18N4OS. The molecule has 0 saturated heterocycles. The Labute approximate surface area is 140 Å². The topological polar surface area (TPSA) is 78.7 Å².